The molecule has 0 radical (unpaired) electrons. The molecule has 2 unspecified atom stereocenters. The number of para-hydroxylation sites is 1. The Hall–Kier alpha value is -3.72. The van der Waals surface area contributed by atoms with Gasteiger partial charge in [0.15, 0.2) is 11.6 Å². The smallest absolute Gasteiger partial charge is 0.292 e. The van der Waals surface area contributed by atoms with Crippen LogP contribution in [0.15, 0.2) is 48.5 Å². The predicted molar refractivity (Wildman–Crippen MR) is 132 cm³/mol. The number of nitrogens with zero attached hydrogens (tertiary/aromatic N) is 2. The van der Waals surface area contributed by atoms with E-state index in [0.717, 1.165) is 40.9 Å². The maximum atomic E-state index is 14.7. The van der Waals surface area contributed by atoms with Crippen molar-refractivity contribution >= 4 is 29.1 Å². The van der Waals surface area contributed by atoms with Crippen LogP contribution in [0.25, 0.3) is 10.9 Å². The summed E-state index contributed by atoms with van der Waals surface area (Å²) in [6.07, 6.45) is 3.65. The molecule has 1 aliphatic carbocycles. The van der Waals surface area contributed by atoms with Gasteiger partial charge in [0, 0.05) is 30.0 Å². The lowest BCUT2D eigenvalue weighted by Gasteiger charge is -2.19. The van der Waals surface area contributed by atoms with E-state index in [9.17, 15) is 9.18 Å². The zero-order valence-electron chi connectivity index (χ0n) is 20.2. The molecule has 5 rings (SSSR count). The number of rotatable bonds is 8. The van der Waals surface area contributed by atoms with Crippen molar-refractivity contribution in [3.05, 3.63) is 65.5 Å². The highest BCUT2D eigenvalue weighted by Crippen LogP contribution is 2.41. The molecule has 1 aromatic heterocycles. The van der Waals surface area contributed by atoms with Gasteiger partial charge in [0.2, 0.25) is 5.91 Å². The number of carbonyl (C=O) groups excluding carboxylic acids is 2. The van der Waals surface area contributed by atoms with Crippen molar-refractivity contribution < 1.29 is 28.7 Å². The summed E-state index contributed by atoms with van der Waals surface area (Å²) in [5, 5.41) is 9.73. The molecule has 1 aliphatic heterocycles. The number of aromatic nitrogens is 1. The van der Waals surface area contributed by atoms with Gasteiger partial charge >= 0.3 is 0 Å². The molecule has 0 spiro atoms. The van der Waals surface area contributed by atoms with E-state index in [2.05, 4.69) is 15.7 Å². The molecule has 36 heavy (non-hydrogen) atoms. The summed E-state index contributed by atoms with van der Waals surface area (Å²) in [6.45, 7) is 2.63. The molecule has 9 heteroatoms. The van der Waals surface area contributed by atoms with E-state index in [0.29, 0.717) is 19.3 Å². The Morgan fingerprint density at radius 1 is 1.22 bits per heavy atom. The molecule has 190 valence electrons. The van der Waals surface area contributed by atoms with Crippen LogP contribution < -0.4 is 15.1 Å². The lowest BCUT2D eigenvalue weighted by molar-refractivity contribution is -0.130. The molecule has 2 heterocycles. The van der Waals surface area contributed by atoms with Gasteiger partial charge in [-0.1, -0.05) is 24.3 Å². The molecular formula is C27H30FN3O5. The van der Waals surface area contributed by atoms with Crippen LogP contribution in [0, 0.1) is 17.7 Å². The van der Waals surface area contributed by atoms with Gasteiger partial charge in [-0.05, 0) is 61.4 Å². The minimum Gasteiger partial charge on any atom is -0.486 e. The Kier molecular flexibility index (Phi) is 8.32. The fraction of sp³-hybridized carbons (Fsp3) is 0.370. The minimum atomic E-state index is -0.413. The number of anilines is 1. The second-order valence-electron chi connectivity index (χ2n) is 9.02. The first-order valence-electron chi connectivity index (χ1n) is 12.0. The summed E-state index contributed by atoms with van der Waals surface area (Å²) in [5.74, 6) is 0.321. The van der Waals surface area contributed by atoms with Crippen LogP contribution in [0.3, 0.4) is 0 Å². The van der Waals surface area contributed by atoms with E-state index >= 15 is 0 Å². The van der Waals surface area contributed by atoms with Crippen molar-refractivity contribution in [1.29, 1.82) is 0 Å². The molecule has 8 nitrogen and oxygen atoms in total. The van der Waals surface area contributed by atoms with Crippen LogP contribution in [0.4, 0.5) is 10.2 Å². The first-order chi connectivity index (χ1) is 17.5. The number of benzene rings is 2. The number of hydrogen-bond acceptors (Lipinski definition) is 7. The Labute approximate surface area is 209 Å². The summed E-state index contributed by atoms with van der Waals surface area (Å²) in [6, 6.07) is 15.0. The van der Waals surface area contributed by atoms with E-state index in [4.69, 9.17) is 19.7 Å². The summed E-state index contributed by atoms with van der Waals surface area (Å²) < 4.78 is 24.5. The van der Waals surface area contributed by atoms with Crippen molar-refractivity contribution in [1.82, 2.24) is 10.5 Å². The highest BCUT2D eigenvalue weighted by Gasteiger charge is 2.42. The van der Waals surface area contributed by atoms with Crippen molar-refractivity contribution in [3.63, 3.8) is 0 Å². The van der Waals surface area contributed by atoms with Gasteiger partial charge in [0.1, 0.15) is 12.4 Å². The number of ether oxygens (including phenoxy) is 2. The number of nitrogens with one attached hydrogen (secondary N) is 1. The summed E-state index contributed by atoms with van der Waals surface area (Å²) in [4.78, 5) is 27.5. The normalized spacial score (nSPS) is 18.2. The van der Waals surface area contributed by atoms with Crippen LogP contribution in [-0.2, 0) is 27.4 Å². The second kappa shape index (κ2) is 11.8. The van der Waals surface area contributed by atoms with Crippen LogP contribution in [0.2, 0.25) is 0 Å². The standard InChI is InChI=1S/C25H26FN3O3.C2H4O2/c26-21-12-16(11-17-13-20(17)25(30)28-31)7-8-23(21)32-15-18-14-24(29-9-3-4-10-29)27-22-6-2-1-5-19(18)22;1-4-2-3/h1-2,5-8,12,14,17,20,31H,3-4,9-11,13,15H2,(H,28,30);2H,1H3. The van der Waals surface area contributed by atoms with Gasteiger partial charge in [0.05, 0.1) is 12.6 Å². The first kappa shape index (κ1) is 25.4. The van der Waals surface area contributed by atoms with Gasteiger partial charge in [-0.3, -0.25) is 14.8 Å². The van der Waals surface area contributed by atoms with Crippen LogP contribution in [0.5, 0.6) is 5.75 Å². The van der Waals surface area contributed by atoms with Gasteiger partial charge in [0.25, 0.3) is 6.47 Å². The maximum absolute atomic E-state index is 14.7. The van der Waals surface area contributed by atoms with Gasteiger partial charge in [-0.15, -0.1) is 0 Å². The summed E-state index contributed by atoms with van der Waals surface area (Å²) in [5.41, 5.74) is 4.40. The zero-order valence-corrected chi connectivity index (χ0v) is 20.2. The SMILES string of the molecule is COC=O.O=C(NO)C1CC1Cc1ccc(OCc2cc(N3CCCC3)nc3ccccc23)c(F)c1. The second-order valence-corrected chi connectivity index (χ2v) is 9.02. The Bertz CT molecular complexity index is 1220. The largest absolute Gasteiger partial charge is 0.486 e. The third-order valence-corrected chi connectivity index (χ3v) is 6.56. The number of pyridine rings is 1. The van der Waals surface area contributed by atoms with Gasteiger partial charge < -0.3 is 14.4 Å². The number of amides is 1. The fourth-order valence-electron chi connectivity index (χ4n) is 4.58. The van der Waals surface area contributed by atoms with E-state index in [1.807, 2.05) is 30.3 Å². The molecule has 1 saturated carbocycles. The zero-order chi connectivity index (χ0) is 25.5. The Morgan fingerprint density at radius 2 is 1.97 bits per heavy atom. The average Bonchev–Trinajstić information content (AvgIpc) is 3.44. The number of halogens is 1. The molecule has 1 amide bonds. The van der Waals surface area contributed by atoms with Crippen molar-refractivity contribution in [2.24, 2.45) is 11.8 Å². The van der Waals surface area contributed by atoms with Crippen molar-refractivity contribution in [2.45, 2.75) is 32.3 Å². The highest BCUT2D eigenvalue weighted by molar-refractivity contribution is 5.84. The summed E-state index contributed by atoms with van der Waals surface area (Å²) >= 11 is 0. The van der Waals surface area contributed by atoms with E-state index in [-0.39, 0.29) is 30.1 Å². The lowest BCUT2D eigenvalue weighted by Crippen LogP contribution is -2.21. The van der Waals surface area contributed by atoms with Gasteiger partial charge in [-0.25, -0.2) is 14.9 Å². The van der Waals surface area contributed by atoms with E-state index in [1.165, 1.54) is 26.0 Å². The van der Waals surface area contributed by atoms with Crippen molar-refractivity contribution in [2.75, 3.05) is 25.1 Å². The molecule has 2 aromatic carbocycles. The lowest BCUT2D eigenvalue weighted by atomic mass is 10.1. The molecule has 2 atom stereocenters. The van der Waals surface area contributed by atoms with E-state index in [1.54, 1.807) is 11.5 Å². The maximum Gasteiger partial charge on any atom is 0.292 e. The van der Waals surface area contributed by atoms with E-state index < -0.39 is 5.82 Å². The summed E-state index contributed by atoms with van der Waals surface area (Å²) in [7, 11) is 1.31. The third-order valence-electron chi connectivity index (χ3n) is 6.56. The number of hydrogen-bond donors (Lipinski definition) is 2. The molecular weight excluding hydrogens is 465 g/mol. The molecule has 3 aromatic rings. The quantitative estimate of drug-likeness (QED) is 0.276. The third kappa shape index (κ3) is 6.09. The number of hydroxylamine groups is 1. The fourth-order valence-corrected chi connectivity index (χ4v) is 4.58. The Morgan fingerprint density at radius 3 is 2.67 bits per heavy atom. The number of carbonyl (C=O) groups is 2. The molecule has 0 bridgehead atoms. The van der Waals surface area contributed by atoms with Crippen LogP contribution >= 0.6 is 0 Å². The van der Waals surface area contributed by atoms with Crippen molar-refractivity contribution in [3.8, 4) is 5.75 Å². The van der Waals surface area contributed by atoms with Gasteiger partial charge in [-0.2, -0.15) is 0 Å². The topological polar surface area (TPSA) is 101 Å². The van der Waals surface area contributed by atoms with Crippen LogP contribution in [0.1, 0.15) is 30.4 Å². The first-order valence-corrected chi connectivity index (χ1v) is 12.0. The highest BCUT2D eigenvalue weighted by atomic mass is 19.1. The predicted octanol–water partition coefficient (Wildman–Crippen LogP) is 4.03. The number of fused-ring (bicyclic) bond motifs is 1. The molecule has 2 aliphatic rings. The molecule has 2 N–H and O–H groups in total. The Balaban J connectivity index is 0.000000709. The number of methoxy groups -OCH3 is 1. The average molecular weight is 496 g/mol. The monoisotopic (exact) mass is 495 g/mol. The molecule has 1 saturated heterocycles. The molecule has 2 fully saturated rings. The van der Waals surface area contributed by atoms with Crippen LogP contribution in [-0.4, -0.2) is 42.8 Å². The minimum absolute atomic E-state index is 0.139.